The molecule has 0 saturated heterocycles. The van der Waals surface area contributed by atoms with E-state index in [1.54, 1.807) is 0 Å². The van der Waals surface area contributed by atoms with Crippen molar-refractivity contribution in [2.75, 3.05) is 0 Å². The maximum Gasteiger partial charge on any atom is 4.00 e. The molecule has 0 amide bonds. The monoisotopic (exact) mass is 716 g/mol. The molecule has 1 heteroatoms. The molecule has 0 atom stereocenters. The fraction of sp³-hybridized carbons (Fsp3) is 0.220. The van der Waals surface area contributed by atoms with Crippen LogP contribution in [0, 0.1) is 42.5 Å². The summed E-state index contributed by atoms with van der Waals surface area (Å²) < 4.78 is 0. The van der Waals surface area contributed by atoms with E-state index in [1.807, 2.05) is 0 Å². The van der Waals surface area contributed by atoms with Crippen molar-refractivity contribution in [2.24, 2.45) is 0 Å². The first-order valence-electron chi connectivity index (χ1n) is 14.4. The number of benzene rings is 4. The van der Waals surface area contributed by atoms with Crippen LogP contribution in [0.2, 0.25) is 0 Å². The predicted molar refractivity (Wildman–Crippen MR) is 183 cm³/mol. The van der Waals surface area contributed by atoms with E-state index >= 15 is 0 Å². The van der Waals surface area contributed by atoms with Gasteiger partial charge in [-0.05, 0) is 57.1 Å². The van der Waals surface area contributed by atoms with E-state index < -0.39 is 0 Å². The normalized spacial score (nSPS) is 11.2. The average molecular weight is 715 g/mol. The van der Waals surface area contributed by atoms with Crippen molar-refractivity contribution in [3.8, 4) is 22.3 Å². The first-order chi connectivity index (χ1) is 18.8. The van der Waals surface area contributed by atoms with Crippen molar-refractivity contribution < 1.29 is 25.8 Å². The van der Waals surface area contributed by atoms with E-state index in [0.717, 1.165) is 12.8 Å². The second kappa shape index (κ2) is 13.1. The second-order valence-corrected chi connectivity index (χ2v) is 11.6. The summed E-state index contributed by atoms with van der Waals surface area (Å²) in [5.41, 5.74) is 13.4. The van der Waals surface area contributed by atoms with Crippen molar-refractivity contribution in [3.05, 3.63) is 145 Å². The Balaban J connectivity index is 0.00000161. The summed E-state index contributed by atoms with van der Waals surface area (Å²) in [6, 6.07) is 37.2. The second-order valence-electron chi connectivity index (χ2n) is 11.6. The van der Waals surface area contributed by atoms with Gasteiger partial charge in [-0.25, -0.2) is 0 Å². The molecule has 42 heavy (non-hydrogen) atoms. The van der Waals surface area contributed by atoms with Gasteiger partial charge in [-0.1, -0.05) is 95.8 Å². The molecule has 0 saturated carbocycles. The summed E-state index contributed by atoms with van der Waals surface area (Å²) in [6.07, 6.45) is 2.13. The molecule has 0 aliphatic rings. The summed E-state index contributed by atoms with van der Waals surface area (Å²) >= 11 is 0. The summed E-state index contributed by atoms with van der Waals surface area (Å²) in [5, 5.41) is 5.38. The Kier molecular flexibility index (Phi) is 10.4. The fourth-order valence-electron chi connectivity index (χ4n) is 7.02. The standard InChI is InChI=1S/C39H38.2CH3.Hf/c1-7-39(8-2,33-21-29-11-9-13-35(37(29)23-33)31-17-25(3)15-26(4)18-31)34-22-30-12-10-14-36(38(30)24-34)32-19-27(5)16-28(6)20-32;;;/h9-24H,7-8H2,1-6H3;2*1H3;/q-2;2*-1;+4. The third-order valence-corrected chi connectivity index (χ3v) is 8.88. The molecule has 0 aliphatic heterocycles. The van der Waals surface area contributed by atoms with Crippen LogP contribution in [0.1, 0.15) is 60.1 Å². The Morgan fingerprint density at radius 2 is 0.881 bits per heavy atom. The van der Waals surface area contributed by atoms with Gasteiger partial charge in [0.2, 0.25) is 0 Å². The summed E-state index contributed by atoms with van der Waals surface area (Å²) in [5.74, 6) is 0. The SMILES string of the molecule is CCC(CC)(c1cc2c(-c3cc(C)cc(C)c3)cccc2[cH-]1)c1cc2c(-c3cc(C)cc(C)c3)cccc2[cH-]1.[CH3-].[CH3-].[Hf+4]. The quantitative estimate of drug-likeness (QED) is 0.119. The molecule has 0 spiro atoms. The molecule has 0 heterocycles. The van der Waals surface area contributed by atoms with Crippen molar-refractivity contribution in [3.63, 3.8) is 0 Å². The maximum absolute atomic E-state index is 2.48. The van der Waals surface area contributed by atoms with Gasteiger partial charge in [0.25, 0.3) is 0 Å². The zero-order chi connectivity index (χ0) is 27.3. The van der Waals surface area contributed by atoms with Crippen LogP contribution in [0.3, 0.4) is 0 Å². The summed E-state index contributed by atoms with van der Waals surface area (Å²) in [7, 11) is 0. The number of hydrogen-bond donors (Lipinski definition) is 0. The Labute approximate surface area is 273 Å². The third kappa shape index (κ3) is 5.78. The first-order valence-corrected chi connectivity index (χ1v) is 14.4. The van der Waals surface area contributed by atoms with Gasteiger partial charge in [0.1, 0.15) is 0 Å². The van der Waals surface area contributed by atoms with Crippen LogP contribution in [0.5, 0.6) is 0 Å². The van der Waals surface area contributed by atoms with Crippen LogP contribution in [0.4, 0.5) is 0 Å². The molecule has 0 fully saturated rings. The van der Waals surface area contributed by atoms with E-state index in [4.69, 9.17) is 0 Å². The maximum atomic E-state index is 2.48. The van der Waals surface area contributed by atoms with Crippen LogP contribution in [0.25, 0.3) is 43.8 Å². The van der Waals surface area contributed by atoms with Crippen LogP contribution < -0.4 is 0 Å². The largest absolute Gasteiger partial charge is 4.00 e. The number of hydrogen-bond acceptors (Lipinski definition) is 0. The number of rotatable bonds is 6. The molecule has 6 aromatic rings. The number of fused-ring (bicyclic) bond motifs is 2. The van der Waals surface area contributed by atoms with Gasteiger partial charge >= 0.3 is 25.8 Å². The van der Waals surface area contributed by atoms with E-state index in [1.165, 1.54) is 77.2 Å². The minimum Gasteiger partial charge on any atom is -0.358 e. The zero-order valence-corrected chi connectivity index (χ0v) is 30.2. The fourth-order valence-corrected chi connectivity index (χ4v) is 7.02. The van der Waals surface area contributed by atoms with Crippen LogP contribution in [0.15, 0.2) is 97.1 Å². The van der Waals surface area contributed by atoms with Gasteiger partial charge in [-0.3, -0.25) is 0 Å². The van der Waals surface area contributed by atoms with Crippen molar-refractivity contribution >= 4 is 21.5 Å². The van der Waals surface area contributed by atoms with Crippen molar-refractivity contribution in [1.82, 2.24) is 0 Å². The molecule has 6 rings (SSSR count). The minimum absolute atomic E-state index is 0. The Morgan fingerprint density at radius 3 is 1.21 bits per heavy atom. The number of aryl methyl sites for hydroxylation is 4. The molecular weight excluding hydrogens is 671 g/mol. The molecule has 0 unspecified atom stereocenters. The van der Waals surface area contributed by atoms with Crippen LogP contribution in [-0.4, -0.2) is 0 Å². The Morgan fingerprint density at radius 1 is 0.524 bits per heavy atom. The minimum atomic E-state index is -0.0301. The Bertz CT molecular complexity index is 1650. The smallest absolute Gasteiger partial charge is 0.358 e. The summed E-state index contributed by atoms with van der Waals surface area (Å²) in [6.45, 7) is 13.5. The van der Waals surface area contributed by atoms with E-state index in [-0.39, 0.29) is 46.1 Å². The average Bonchev–Trinajstić information content (AvgIpc) is 3.53. The van der Waals surface area contributed by atoms with Gasteiger partial charge in [0.05, 0.1) is 0 Å². The molecule has 0 aliphatic carbocycles. The molecule has 0 radical (unpaired) electrons. The molecule has 0 aromatic heterocycles. The summed E-state index contributed by atoms with van der Waals surface area (Å²) in [4.78, 5) is 0. The van der Waals surface area contributed by atoms with Crippen molar-refractivity contribution in [2.45, 2.75) is 59.8 Å². The van der Waals surface area contributed by atoms with Gasteiger partial charge in [-0.2, -0.15) is 12.1 Å². The molecule has 0 nitrogen and oxygen atoms in total. The first kappa shape index (κ1) is 33.5. The molecule has 0 N–H and O–H groups in total. The molecule has 6 aromatic carbocycles. The van der Waals surface area contributed by atoms with Crippen LogP contribution in [-0.2, 0) is 31.3 Å². The van der Waals surface area contributed by atoms with E-state index in [2.05, 4.69) is 139 Å². The third-order valence-electron chi connectivity index (χ3n) is 8.88. The predicted octanol–water partition coefficient (Wildman–Crippen LogP) is 12.0. The molecule has 0 bridgehead atoms. The van der Waals surface area contributed by atoms with E-state index in [9.17, 15) is 0 Å². The topological polar surface area (TPSA) is 0 Å². The molecular formula is C41H44Hf. The van der Waals surface area contributed by atoms with Gasteiger partial charge in [-0.15, -0.1) is 69.1 Å². The van der Waals surface area contributed by atoms with Gasteiger partial charge < -0.3 is 14.9 Å². The van der Waals surface area contributed by atoms with Gasteiger partial charge in [0.15, 0.2) is 0 Å². The van der Waals surface area contributed by atoms with Crippen molar-refractivity contribution in [1.29, 1.82) is 0 Å². The van der Waals surface area contributed by atoms with E-state index in [0.29, 0.717) is 0 Å². The molecule has 212 valence electrons. The van der Waals surface area contributed by atoms with Gasteiger partial charge in [0, 0.05) is 0 Å². The zero-order valence-electron chi connectivity index (χ0n) is 26.7. The Hall–Kier alpha value is -3.03. The van der Waals surface area contributed by atoms with Crippen LogP contribution >= 0.6 is 0 Å².